The summed E-state index contributed by atoms with van der Waals surface area (Å²) in [6, 6.07) is 0. The minimum absolute atomic E-state index is 0.138. The van der Waals surface area contributed by atoms with Crippen LogP contribution in [0, 0.1) is 0 Å². The SMILES string of the molecule is CCOC(=O)CCNC(=O)c1nc(N)cn1C. The van der Waals surface area contributed by atoms with E-state index in [0.29, 0.717) is 6.61 Å². The van der Waals surface area contributed by atoms with Gasteiger partial charge in [-0.3, -0.25) is 9.59 Å². The van der Waals surface area contributed by atoms with Crippen molar-refractivity contribution in [3.8, 4) is 0 Å². The average Bonchev–Trinajstić information content (AvgIpc) is 2.58. The van der Waals surface area contributed by atoms with E-state index < -0.39 is 0 Å². The van der Waals surface area contributed by atoms with Crippen molar-refractivity contribution in [1.82, 2.24) is 14.9 Å². The molecule has 7 heteroatoms. The molecule has 1 heterocycles. The molecule has 17 heavy (non-hydrogen) atoms. The van der Waals surface area contributed by atoms with E-state index in [1.807, 2.05) is 0 Å². The van der Waals surface area contributed by atoms with Crippen molar-refractivity contribution >= 4 is 17.7 Å². The van der Waals surface area contributed by atoms with Crippen molar-refractivity contribution in [1.29, 1.82) is 0 Å². The van der Waals surface area contributed by atoms with Gasteiger partial charge in [-0.25, -0.2) is 4.98 Å². The molecule has 1 rings (SSSR count). The zero-order valence-electron chi connectivity index (χ0n) is 9.90. The van der Waals surface area contributed by atoms with Gasteiger partial charge >= 0.3 is 5.97 Å². The summed E-state index contributed by atoms with van der Waals surface area (Å²) in [6.07, 6.45) is 1.68. The number of anilines is 1. The number of esters is 1. The first-order chi connectivity index (χ1) is 8.04. The smallest absolute Gasteiger partial charge is 0.307 e. The van der Waals surface area contributed by atoms with E-state index >= 15 is 0 Å². The van der Waals surface area contributed by atoms with Crippen LogP contribution in [0.1, 0.15) is 24.0 Å². The van der Waals surface area contributed by atoms with Gasteiger partial charge in [-0.2, -0.15) is 0 Å². The number of ether oxygens (including phenoxy) is 1. The highest BCUT2D eigenvalue weighted by molar-refractivity contribution is 5.91. The van der Waals surface area contributed by atoms with Gasteiger partial charge in [-0.1, -0.05) is 0 Å². The third kappa shape index (κ3) is 3.78. The van der Waals surface area contributed by atoms with E-state index in [9.17, 15) is 9.59 Å². The standard InChI is InChI=1S/C10H16N4O3/c1-3-17-8(15)4-5-12-10(16)9-13-7(11)6-14(9)2/h6H,3-5,11H2,1-2H3,(H,12,16). The minimum Gasteiger partial charge on any atom is -0.466 e. The van der Waals surface area contributed by atoms with E-state index in [1.165, 1.54) is 4.57 Å². The first-order valence-corrected chi connectivity index (χ1v) is 5.27. The second-order valence-corrected chi connectivity index (χ2v) is 3.41. The first-order valence-electron chi connectivity index (χ1n) is 5.27. The highest BCUT2D eigenvalue weighted by Gasteiger charge is 2.12. The molecule has 0 aliphatic rings. The number of aromatic nitrogens is 2. The van der Waals surface area contributed by atoms with E-state index in [-0.39, 0.29) is 36.5 Å². The predicted molar refractivity (Wildman–Crippen MR) is 61.2 cm³/mol. The lowest BCUT2D eigenvalue weighted by Gasteiger charge is -2.04. The maximum absolute atomic E-state index is 11.6. The maximum Gasteiger partial charge on any atom is 0.307 e. The van der Waals surface area contributed by atoms with Gasteiger partial charge in [0.1, 0.15) is 5.82 Å². The third-order valence-corrected chi connectivity index (χ3v) is 2.02. The molecule has 1 amide bonds. The number of hydrogen-bond acceptors (Lipinski definition) is 5. The number of carbonyl (C=O) groups excluding carboxylic acids is 2. The fourth-order valence-corrected chi connectivity index (χ4v) is 1.29. The van der Waals surface area contributed by atoms with Crippen LogP contribution < -0.4 is 11.1 Å². The van der Waals surface area contributed by atoms with Crippen LogP contribution in [0.25, 0.3) is 0 Å². The number of carbonyl (C=O) groups is 2. The molecule has 0 radical (unpaired) electrons. The summed E-state index contributed by atoms with van der Waals surface area (Å²) >= 11 is 0. The molecule has 1 aromatic heterocycles. The Balaban J connectivity index is 2.40. The predicted octanol–water partition coefficient (Wildman–Crippen LogP) is -0.315. The summed E-state index contributed by atoms with van der Waals surface area (Å²) in [5, 5.41) is 2.56. The number of aryl methyl sites for hydroxylation is 1. The maximum atomic E-state index is 11.6. The second kappa shape index (κ2) is 5.88. The lowest BCUT2D eigenvalue weighted by Crippen LogP contribution is -2.28. The van der Waals surface area contributed by atoms with Crippen LogP contribution in [0.4, 0.5) is 5.82 Å². The Kier molecular flexibility index (Phi) is 4.50. The van der Waals surface area contributed by atoms with Gasteiger partial charge in [0.05, 0.1) is 13.0 Å². The van der Waals surface area contributed by atoms with Gasteiger partial charge in [0.15, 0.2) is 0 Å². The fourth-order valence-electron chi connectivity index (χ4n) is 1.29. The van der Waals surface area contributed by atoms with Crippen LogP contribution in [0.5, 0.6) is 0 Å². The molecule has 0 atom stereocenters. The summed E-state index contributed by atoms with van der Waals surface area (Å²) < 4.78 is 6.25. The Morgan fingerprint density at radius 3 is 2.82 bits per heavy atom. The number of nitrogens with two attached hydrogens (primary N) is 1. The molecule has 0 aliphatic carbocycles. The van der Waals surface area contributed by atoms with Crippen molar-refractivity contribution in [2.75, 3.05) is 18.9 Å². The molecule has 0 spiro atoms. The lowest BCUT2D eigenvalue weighted by molar-refractivity contribution is -0.142. The Morgan fingerprint density at radius 2 is 2.29 bits per heavy atom. The van der Waals surface area contributed by atoms with Crippen molar-refractivity contribution in [3.63, 3.8) is 0 Å². The largest absolute Gasteiger partial charge is 0.466 e. The van der Waals surface area contributed by atoms with Gasteiger partial charge in [0.2, 0.25) is 5.82 Å². The van der Waals surface area contributed by atoms with E-state index in [1.54, 1.807) is 20.2 Å². The normalized spacial score (nSPS) is 10.0. The zero-order chi connectivity index (χ0) is 12.8. The van der Waals surface area contributed by atoms with Gasteiger partial charge < -0.3 is 20.4 Å². The van der Waals surface area contributed by atoms with Crippen molar-refractivity contribution in [3.05, 3.63) is 12.0 Å². The van der Waals surface area contributed by atoms with Crippen LogP contribution in [-0.2, 0) is 16.6 Å². The Bertz CT molecular complexity index is 414. The van der Waals surface area contributed by atoms with Gasteiger partial charge in [-0.05, 0) is 6.92 Å². The molecule has 0 saturated carbocycles. The van der Waals surface area contributed by atoms with Crippen molar-refractivity contribution in [2.24, 2.45) is 7.05 Å². The summed E-state index contributed by atoms with van der Waals surface area (Å²) in [6.45, 7) is 2.28. The molecule has 7 nitrogen and oxygen atoms in total. The molecule has 0 aromatic carbocycles. The van der Waals surface area contributed by atoms with Crippen LogP contribution >= 0.6 is 0 Å². The molecule has 94 valence electrons. The number of amides is 1. The summed E-state index contributed by atoms with van der Waals surface area (Å²) in [5.41, 5.74) is 5.45. The minimum atomic E-state index is -0.367. The van der Waals surface area contributed by atoms with E-state index in [0.717, 1.165) is 0 Å². The Morgan fingerprint density at radius 1 is 1.59 bits per heavy atom. The highest BCUT2D eigenvalue weighted by atomic mass is 16.5. The van der Waals surface area contributed by atoms with Crippen LogP contribution in [0.2, 0.25) is 0 Å². The van der Waals surface area contributed by atoms with E-state index in [2.05, 4.69) is 10.3 Å². The summed E-state index contributed by atoms with van der Waals surface area (Å²) in [5.74, 6) is -0.213. The number of nitrogen functional groups attached to an aromatic ring is 1. The Hall–Kier alpha value is -2.05. The molecule has 0 aliphatic heterocycles. The van der Waals surface area contributed by atoms with Gasteiger partial charge in [-0.15, -0.1) is 0 Å². The third-order valence-electron chi connectivity index (χ3n) is 2.02. The first kappa shape index (κ1) is 13.0. The molecule has 0 unspecified atom stereocenters. The monoisotopic (exact) mass is 240 g/mol. The molecule has 3 N–H and O–H groups in total. The number of rotatable bonds is 5. The Labute approximate surface area is 99.0 Å². The van der Waals surface area contributed by atoms with Crippen molar-refractivity contribution in [2.45, 2.75) is 13.3 Å². The second-order valence-electron chi connectivity index (χ2n) is 3.41. The molecule has 0 bridgehead atoms. The van der Waals surface area contributed by atoms with Crippen LogP contribution in [-0.4, -0.2) is 34.6 Å². The number of hydrogen-bond donors (Lipinski definition) is 2. The molecule has 0 fully saturated rings. The molecular weight excluding hydrogens is 224 g/mol. The summed E-state index contributed by atoms with van der Waals surface area (Å²) in [7, 11) is 1.67. The zero-order valence-corrected chi connectivity index (χ0v) is 9.90. The number of imidazole rings is 1. The molecular formula is C10H16N4O3. The topological polar surface area (TPSA) is 99.2 Å². The number of nitrogens with one attached hydrogen (secondary N) is 1. The quantitative estimate of drug-likeness (QED) is 0.687. The van der Waals surface area contributed by atoms with Crippen molar-refractivity contribution < 1.29 is 14.3 Å². The van der Waals surface area contributed by atoms with Crippen LogP contribution in [0.3, 0.4) is 0 Å². The van der Waals surface area contributed by atoms with Gasteiger partial charge in [0, 0.05) is 19.8 Å². The van der Waals surface area contributed by atoms with E-state index in [4.69, 9.17) is 10.5 Å². The van der Waals surface area contributed by atoms with Gasteiger partial charge in [0.25, 0.3) is 5.91 Å². The summed E-state index contributed by atoms with van der Waals surface area (Å²) in [4.78, 5) is 26.5. The van der Waals surface area contributed by atoms with Crippen LogP contribution in [0.15, 0.2) is 6.20 Å². The number of nitrogens with zero attached hydrogens (tertiary/aromatic N) is 2. The molecule has 0 saturated heterocycles. The highest BCUT2D eigenvalue weighted by Crippen LogP contribution is 2.01. The average molecular weight is 240 g/mol. The molecule has 1 aromatic rings. The lowest BCUT2D eigenvalue weighted by atomic mass is 10.4. The fraction of sp³-hybridized carbons (Fsp3) is 0.500.